The standard InChI is InChI=1S/C23H18FN3O4/c1-3-31-23(30)13-4-6-19-15(9-13)20(8-12(2)26-19)27-22(29)17-11-25-18-7-5-14(24)10-16(18)21(17)28/h4-11H,3H2,1-2H3,(H,25,28)(H,26,27,29). The van der Waals surface area contributed by atoms with Gasteiger partial charge in [-0.2, -0.15) is 0 Å². The van der Waals surface area contributed by atoms with Crippen LogP contribution in [-0.4, -0.2) is 28.5 Å². The Bertz CT molecular complexity index is 1410. The number of aromatic amines is 1. The van der Waals surface area contributed by atoms with Crippen LogP contribution >= 0.6 is 0 Å². The lowest BCUT2D eigenvalue weighted by atomic mass is 10.1. The van der Waals surface area contributed by atoms with Gasteiger partial charge in [0.1, 0.15) is 11.4 Å². The Morgan fingerprint density at radius 3 is 2.71 bits per heavy atom. The molecule has 2 heterocycles. The molecule has 1 amide bonds. The molecule has 2 aromatic heterocycles. The van der Waals surface area contributed by atoms with Gasteiger partial charge in [-0.05, 0) is 56.3 Å². The van der Waals surface area contributed by atoms with Gasteiger partial charge in [-0.25, -0.2) is 9.18 Å². The average Bonchev–Trinajstić information content (AvgIpc) is 2.74. The van der Waals surface area contributed by atoms with E-state index in [0.29, 0.717) is 33.4 Å². The number of halogens is 1. The number of nitrogens with one attached hydrogen (secondary N) is 2. The van der Waals surface area contributed by atoms with Gasteiger partial charge in [0, 0.05) is 28.2 Å². The number of hydrogen-bond acceptors (Lipinski definition) is 5. The first-order valence-corrected chi connectivity index (χ1v) is 9.58. The molecule has 4 rings (SSSR count). The maximum Gasteiger partial charge on any atom is 0.338 e. The molecule has 0 saturated heterocycles. The number of carbonyl (C=O) groups is 2. The second-order valence-corrected chi connectivity index (χ2v) is 6.94. The highest BCUT2D eigenvalue weighted by molar-refractivity contribution is 6.10. The van der Waals surface area contributed by atoms with E-state index in [-0.39, 0.29) is 17.6 Å². The minimum Gasteiger partial charge on any atom is -0.462 e. The van der Waals surface area contributed by atoms with Crippen molar-refractivity contribution >= 4 is 39.4 Å². The molecular weight excluding hydrogens is 401 g/mol. The number of aromatic nitrogens is 2. The van der Waals surface area contributed by atoms with Crippen molar-refractivity contribution < 1.29 is 18.7 Å². The van der Waals surface area contributed by atoms with Crippen LogP contribution in [-0.2, 0) is 4.74 Å². The number of benzene rings is 2. The lowest BCUT2D eigenvalue weighted by Crippen LogP contribution is -2.22. The van der Waals surface area contributed by atoms with Crippen molar-refractivity contribution in [3.05, 3.63) is 81.5 Å². The van der Waals surface area contributed by atoms with Crippen molar-refractivity contribution in [1.29, 1.82) is 0 Å². The largest absolute Gasteiger partial charge is 0.462 e. The zero-order chi connectivity index (χ0) is 22.1. The molecule has 156 valence electrons. The predicted octanol–water partition coefficient (Wildman–Crippen LogP) is 3.95. The zero-order valence-corrected chi connectivity index (χ0v) is 16.8. The first-order chi connectivity index (χ1) is 14.9. The molecule has 7 nitrogen and oxygen atoms in total. The molecule has 0 spiro atoms. The van der Waals surface area contributed by atoms with Crippen molar-refractivity contribution in [1.82, 2.24) is 9.97 Å². The van der Waals surface area contributed by atoms with Crippen LogP contribution in [0.2, 0.25) is 0 Å². The van der Waals surface area contributed by atoms with Crippen molar-refractivity contribution in [2.45, 2.75) is 13.8 Å². The maximum absolute atomic E-state index is 13.6. The highest BCUT2D eigenvalue weighted by Crippen LogP contribution is 2.25. The number of nitrogens with zero attached hydrogens (tertiary/aromatic N) is 1. The van der Waals surface area contributed by atoms with Gasteiger partial charge >= 0.3 is 5.97 Å². The summed E-state index contributed by atoms with van der Waals surface area (Å²) in [5, 5.41) is 3.31. The van der Waals surface area contributed by atoms with E-state index in [0.717, 1.165) is 6.07 Å². The second-order valence-electron chi connectivity index (χ2n) is 6.94. The topological polar surface area (TPSA) is 101 Å². The Labute approximate surface area is 175 Å². The van der Waals surface area contributed by atoms with Gasteiger partial charge in [0.15, 0.2) is 0 Å². The molecule has 8 heteroatoms. The SMILES string of the molecule is CCOC(=O)c1ccc2nc(C)cc(NC(=O)c3c[nH]c4ccc(F)cc4c3=O)c2c1. The molecule has 0 saturated carbocycles. The van der Waals surface area contributed by atoms with Crippen LogP contribution < -0.4 is 10.7 Å². The molecule has 0 atom stereocenters. The van der Waals surface area contributed by atoms with Crippen LogP contribution in [0, 0.1) is 12.7 Å². The Hall–Kier alpha value is -4.07. The minimum atomic E-state index is -0.666. The number of hydrogen-bond donors (Lipinski definition) is 2. The normalized spacial score (nSPS) is 10.9. The van der Waals surface area contributed by atoms with Crippen LogP contribution in [0.4, 0.5) is 10.1 Å². The summed E-state index contributed by atoms with van der Waals surface area (Å²) in [7, 11) is 0. The lowest BCUT2D eigenvalue weighted by Gasteiger charge is -2.11. The fourth-order valence-electron chi connectivity index (χ4n) is 3.35. The van der Waals surface area contributed by atoms with Crippen LogP contribution in [0.5, 0.6) is 0 Å². The van der Waals surface area contributed by atoms with E-state index in [1.807, 2.05) is 0 Å². The number of anilines is 1. The number of carbonyl (C=O) groups excluding carboxylic acids is 2. The maximum atomic E-state index is 13.6. The summed E-state index contributed by atoms with van der Waals surface area (Å²) >= 11 is 0. The molecule has 0 bridgehead atoms. The summed E-state index contributed by atoms with van der Waals surface area (Å²) in [6.07, 6.45) is 1.29. The number of H-pyrrole nitrogens is 1. The van der Waals surface area contributed by atoms with Gasteiger partial charge < -0.3 is 15.0 Å². The van der Waals surface area contributed by atoms with Crippen LogP contribution in [0.1, 0.15) is 33.3 Å². The molecule has 0 radical (unpaired) electrons. The van der Waals surface area contributed by atoms with Crippen LogP contribution in [0.3, 0.4) is 0 Å². The van der Waals surface area contributed by atoms with Gasteiger partial charge in [-0.3, -0.25) is 14.6 Å². The van der Waals surface area contributed by atoms with E-state index < -0.39 is 23.1 Å². The highest BCUT2D eigenvalue weighted by Gasteiger charge is 2.17. The van der Waals surface area contributed by atoms with E-state index in [4.69, 9.17) is 4.74 Å². The molecule has 0 unspecified atom stereocenters. The van der Waals surface area contributed by atoms with Gasteiger partial charge in [0.2, 0.25) is 5.43 Å². The third kappa shape index (κ3) is 3.87. The number of amides is 1. The minimum absolute atomic E-state index is 0.0769. The first kappa shape index (κ1) is 20.2. The lowest BCUT2D eigenvalue weighted by molar-refractivity contribution is 0.0526. The molecule has 2 aromatic carbocycles. The molecule has 2 N–H and O–H groups in total. The number of rotatable bonds is 4. The monoisotopic (exact) mass is 419 g/mol. The van der Waals surface area contributed by atoms with Crippen molar-refractivity contribution in [2.75, 3.05) is 11.9 Å². The Balaban J connectivity index is 1.77. The van der Waals surface area contributed by atoms with Crippen molar-refractivity contribution in [3.8, 4) is 0 Å². The van der Waals surface area contributed by atoms with Gasteiger partial charge in [0.05, 0.1) is 23.4 Å². The fourth-order valence-corrected chi connectivity index (χ4v) is 3.35. The van der Waals surface area contributed by atoms with Gasteiger partial charge in [0.25, 0.3) is 5.91 Å². The number of pyridine rings is 2. The number of esters is 1. The summed E-state index contributed by atoms with van der Waals surface area (Å²) in [5.41, 5.74) is 1.58. The zero-order valence-electron chi connectivity index (χ0n) is 16.8. The predicted molar refractivity (Wildman–Crippen MR) is 115 cm³/mol. The Morgan fingerprint density at radius 1 is 1.13 bits per heavy atom. The smallest absolute Gasteiger partial charge is 0.338 e. The summed E-state index contributed by atoms with van der Waals surface area (Å²) in [4.78, 5) is 45.0. The van der Waals surface area contributed by atoms with E-state index in [1.165, 1.54) is 18.3 Å². The summed E-state index contributed by atoms with van der Waals surface area (Å²) in [5.74, 6) is -1.73. The van der Waals surface area contributed by atoms with Gasteiger partial charge in [-0.1, -0.05) is 0 Å². The summed E-state index contributed by atoms with van der Waals surface area (Å²) in [6.45, 7) is 3.71. The van der Waals surface area contributed by atoms with Crippen molar-refractivity contribution in [2.24, 2.45) is 0 Å². The third-order valence-electron chi connectivity index (χ3n) is 4.78. The van der Waals surface area contributed by atoms with Crippen LogP contribution in [0.25, 0.3) is 21.8 Å². The first-order valence-electron chi connectivity index (χ1n) is 9.58. The van der Waals surface area contributed by atoms with E-state index in [9.17, 15) is 18.8 Å². The molecule has 0 aliphatic heterocycles. The molecule has 0 fully saturated rings. The van der Waals surface area contributed by atoms with Gasteiger partial charge in [-0.15, -0.1) is 0 Å². The number of aryl methyl sites for hydroxylation is 1. The number of ether oxygens (including phenoxy) is 1. The fraction of sp³-hybridized carbons (Fsp3) is 0.130. The third-order valence-corrected chi connectivity index (χ3v) is 4.78. The molecule has 31 heavy (non-hydrogen) atoms. The Morgan fingerprint density at radius 2 is 1.94 bits per heavy atom. The van der Waals surface area contributed by atoms with Crippen molar-refractivity contribution in [3.63, 3.8) is 0 Å². The second kappa shape index (κ2) is 7.98. The average molecular weight is 419 g/mol. The van der Waals surface area contributed by atoms with Crippen LogP contribution in [0.15, 0.2) is 53.5 Å². The highest BCUT2D eigenvalue weighted by atomic mass is 19.1. The molecule has 0 aliphatic carbocycles. The number of fused-ring (bicyclic) bond motifs is 2. The summed E-state index contributed by atoms with van der Waals surface area (Å²) in [6, 6.07) is 10.2. The molecule has 4 aromatic rings. The summed E-state index contributed by atoms with van der Waals surface area (Å²) < 4.78 is 18.6. The van der Waals surface area contributed by atoms with E-state index in [2.05, 4.69) is 15.3 Å². The quantitative estimate of drug-likeness (QED) is 0.488. The van der Waals surface area contributed by atoms with E-state index >= 15 is 0 Å². The Kier molecular flexibility index (Phi) is 5.21. The molecule has 0 aliphatic rings. The molecular formula is C23H18FN3O4. The van der Waals surface area contributed by atoms with E-state index in [1.54, 1.807) is 38.1 Å².